The quantitative estimate of drug-likeness (QED) is 0.403. The summed E-state index contributed by atoms with van der Waals surface area (Å²) in [6.07, 6.45) is 4.24. The summed E-state index contributed by atoms with van der Waals surface area (Å²) in [6, 6.07) is 3.63. The lowest BCUT2D eigenvalue weighted by Gasteiger charge is -2.06. The van der Waals surface area contributed by atoms with Crippen LogP contribution < -0.4 is 5.32 Å². The third-order valence-corrected chi connectivity index (χ3v) is 5.76. The van der Waals surface area contributed by atoms with Crippen molar-refractivity contribution in [2.24, 2.45) is 0 Å². The molecule has 0 atom stereocenters. The molecule has 4 aromatic heterocycles. The first-order valence-electron chi connectivity index (χ1n) is 9.94. The Kier molecular flexibility index (Phi) is 5.63. The topological polar surface area (TPSA) is 107 Å². The van der Waals surface area contributed by atoms with Gasteiger partial charge >= 0.3 is 0 Å². The monoisotopic (exact) mass is 425 g/mol. The molecule has 0 saturated heterocycles. The number of nitrogens with one attached hydrogen (secondary N) is 1. The van der Waals surface area contributed by atoms with Gasteiger partial charge in [0.1, 0.15) is 16.5 Å². The van der Waals surface area contributed by atoms with E-state index in [1.807, 2.05) is 19.9 Å². The van der Waals surface area contributed by atoms with Gasteiger partial charge in [-0.2, -0.15) is 0 Å². The normalized spacial score (nSPS) is 11.3. The molecule has 0 saturated carbocycles. The van der Waals surface area contributed by atoms with Crippen LogP contribution in [0.1, 0.15) is 58.8 Å². The minimum Gasteiger partial charge on any atom is -0.466 e. The van der Waals surface area contributed by atoms with E-state index >= 15 is 0 Å². The summed E-state index contributed by atoms with van der Waals surface area (Å²) in [7, 11) is 0. The van der Waals surface area contributed by atoms with Crippen LogP contribution >= 0.6 is 11.3 Å². The molecule has 4 heterocycles. The molecule has 0 unspecified atom stereocenters. The highest BCUT2D eigenvalue weighted by Crippen LogP contribution is 2.31. The van der Waals surface area contributed by atoms with Crippen LogP contribution in [0.2, 0.25) is 0 Å². The summed E-state index contributed by atoms with van der Waals surface area (Å²) in [5.41, 5.74) is 2.75. The summed E-state index contributed by atoms with van der Waals surface area (Å²) in [5.74, 6) is 1.19. The van der Waals surface area contributed by atoms with E-state index in [2.05, 4.69) is 32.6 Å². The molecule has 0 aliphatic carbocycles. The van der Waals surface area contributed by atoms with Crippen LogP contribution in [0.25, 0.3) is 22.4 Å². The van der Waals surface area contributed by atoms with Gasteiger partial charge in [0.05, 0.1) is 22.3 Å². The second-order valence-corrected chi connectivity index (χ2v) is 8.30. The summed E-state index contributed by atoms with van der Waals surface area (Å²) < 4.78 is 11.0. The lowest BCUT2D eigenvalue weighted by atomic mass is 10.1. The second-order valence-electron chi connectivity index (χ2n) is 7.24. The van der Waals surface area contributed by atoms with Gasteiger partial charge in [-0.15, -0.1) is 10.2 Å². The highest BCUT2D eigenvalue weighted by Gasteiger charge is 2.22. The van der Waals surface area contributed by atoms with Gasteiger partial charge in [-0.05, 0) is 39.3 Å². The number of aromatic nitrogens is 4. The van der Waals surface area contributed by atoms with Crippen LogP contribution in [0.15, 0.2) is 21.1 Å². The first-order valence-corrected chi connectivity index (χ1v) is 10.8. The molecular weight excluding hydrogens is 402 g/mol. The highest BCUT2D eigenvalue weighted by atomic mass is 32.1. The molecule has 9 heteroatoms. The Morgan fingerprint density at radius 1 is 1.17 bits per heavy atom. The largest absolute Gasteiger partial charge is 0.466 e. The number of furan rings is 1. The van der Waals surface area contributed by atoms with Crippen LogP contribution in [0, 0.1) is 20.8 Å². The number of carbonyl (C=O) groups excluding carboxylic acids is 1. The molecule has 0 radical (unpaired) electrons. The Bertz CT molecular complexity index is 1210. The maximum atomic E-state index is 13.1. The van der Waals surface area contributed by atoms with E-state index in [4.69, 9.17) is 8.94 Å². The third kappa shape index (κ3) is 3.97. The number of aryl methyl sites for hydroxylation is 4. The van der Waals surface area contributed by atoms with Gasteiger partial charge in [0, 0.05) is 12.0 Å². The van der Waals surface area contributed by atoms with Crippen molar-refractivity contribution in [1.82, 2.24) is 20.3 Å². The SMILES string of the molecule is CCCCCc1nnc(NC(=O)c2cc(-c3cc(C)oc3C)nc3onc(C)c23)s1. The van der Waals surface area contributed by atoms with E-state index in [1.54, 1.807) is 13.0 Å². The summed E-state index contributed by atoms with van der Waals surface area (Å²) >= 11 is 1.40. The molecule has 4 rings (SSSR count). The van der Waals surface area contributed by atoms with Crippen LogP contribution in [-0.2, 0) is 6.42 Å². The number of fused-ring (bicyclic) bond motifs is 1. The van der Waals surface area contributed by atoms with E-state index in [0.29, 0.717) is 33.2 Å². The van der Waals surface area contributed by atoms with Crippen molar-refractivity contribution in [2.75, 3.05) is 5.32 Å². The van der Waals surface area contributed by atoms with Crippen molar-refractivity contribution in [1.29, 1.82) is 0 Å². The van der Waals surface area contributed by atoms with E-state index in [1.165, 1.54) is 11.3 Å². The van der Waals surface area contributed by atoms with E-state index in [0.717, 1.165) is 47.8 Å². The predicted molar refractivity (Wildman–Crippen MR) is 115 cm³/mol. The zero-order valence-corrected chi connectivity index (χ0v) is 18.2. The number of nitrogens with zero attached hydrogens (tertiary/aromatic N) is 4. The second kappa shape index (κ2) is 8.35. The van der Waals surface area contributed by atoms with Crippen molar-refractivity contribution in [3.8, 4) is 11.3 Å². The molecule has 0 bridgehead atoms. The number of anilines is 1. The summed E-state index contributed by atoms with van der Waals surface area (Å²) in [5, 5.41) is 17.1. The molecule has 0 spiro atoms. The molecule has 8 nitrogen and oxygen atoms in total. The Hall–Kier alpha value is -3.07. The fourth-order valence-corrected chi connectivity index (χ4v) is 4.17. The van der Waals surface area contributed by atoms with Gasteiger partial charge in [-0.1, -0.05) is 36.3 Å². The van der Waals surface area contributed by atoms with Crippen molar-refractivity contribution in [3.63, 3.8) is 0 Å². The van der Waals surface area contributed by atoms with Crippen molar-refractivity contribution < 1.29 is 13.7 Å². The van der Waals surface area contributed by atoms with Crippen molar-refractivity contribution >= 4 is 33.5 Å². The molecule has 30 heavy (non-hydrogen) atoms. The molecule has 0 aliphatic heterocycles. The zero-order chi connectivity index (χ0) is 21.3. The first-order chi connectivity index (χ1) is 14.5. The van der Waals surface area contributed by atoms with E-state index in [9.17, 15) is 4.79 Å². The van der Waals surface area contributed by atoms with Gasteiger partial charge in [-0.25, -0.2) is 4.98 Å². The standard InChI is InChI=1S/C21H23N5O3S/c1-5-6-7-8-17-24-25-21(30-17)23-19(27)15-10-16(14-9-11(2)28-13(14)4)22-20-18(15)12(3)26-29-20/h9-10H,5-8H2,1-4H3,(H,23,25,27). The van der Waals surface area contributed by atoms with Gasteiger partial charge < -0.3 is 8.94 Å². The van der Waals surface area contributed by atoms with E-state index in [-0.39, 0.29) is 5.91 Å². The number of pyridine rings is 1. The Morgan fingerprint density at radius 3 is 2.73 bits per heavy atom. The number of rotatable bonds is 7. The Balaban J connectivity index is 1.66. The lowest BCUT2D eigenvalue weighted by molar-refractivity contribution is 0.102. The first kappa shape index (κ1) is 20.2. The molecular formula is C21H23N5O3S. The number of unbranched alkanes of at least 4 members (excludes halogenated alkanes) is 2. The molecule has 4 aromatic rings. The maximum Gasteiger partial charge on any atom is 0.259 e. The Labute approximate surface area is 177 Å². The van der Waals surface area contributed by atoms with Crippen molar-refractivity contribution in [2.45, 2.75) is 53.4 Å². The fourth-order valence-electron chi connectivity index (χ4n) is 3.39. The number of hydrogen-bond acceptors (Lipinski definition) is 8. The molecule has 1 N–H and O–H groups in total. The maximum absolute atomic E-state index is 13.1. The van der Waals surface area contributed by atoms with Crippen LogP contribution in [0.3, 0.4) is 0 Å². The Morgan fingerprint density at radius 2 is 2.00 bits per heavy atom. The molecule has 1 amide bonds. The smallest absolute Gasteiger partial charge is 0.259 e. The average molecular weight is 426 g/mol. The van der Waals surface area contributed by atoms with Crippen LogP contribution in [0.5, 0.6) is 0 Å². The predicted octanol–water partition coefficient (Wildman–Crippen LogP) is 5.24. The highest BCUT2D eigenvalue weighted by molar-refractivity contribution is 7.15. The minimum absolute atomic E-state index is 0.302. The number of carbonyl (C=O) groups is 1. The number of hydrogen-bond donors (Lipinski definition) is 1. The third-order valence-electron chi connectivity index (χ3n) is 4.86. The van der Waals surface area contributed by atoms with Gasteiger partial charge in [0.25, 0.3) is 11.6 Å². The zero-order valence-electron chi connectivity index (χ0n) is 17.4. The van der Waals surface area contributed by atoms with Gasteiger partial charge in [0.2, 0.25) is 5.13 Å². The minimum atomic E-state index is -0.302. The van der Waals surface area contributed by atoms with Crippen LogP contribution in [-0.4, -0.2) is 26.2 Å². The molecule has 0 aliphatic rings. The molecule has 0 aromatic carbocycles. The summed E-state index contributed by atoms with van der Waals surface area (Å²) in [6.45, 7) is 7.68. The van der Waals surface area contributed by atoms with Gasteiger partial charge in [-0.3, -0.25) is 10.1 Å². The number of amides is 1. The summed E-state index contributed by atoms with van der Waals surface area (Å²) in [4.78, 5) is 17.7. The van der Waals surface area contributed by atoms with E-state index < -0.39 is 0 Å². The van der Waals surface area contributed by atoms with Crippen molar-refractivity contribution in [3.05, 3.63) is 39.9 Å². The fraction of sp³-hybridized carbons (Fsp3) is 0.381. The molecule has 0 fully saturated rings. The van der Waals surface area contributed by atoms with Gasteiger partial charge in [0.15, 0.2) is 0 Å². The lowest BCUT2D eigenvalue weighted by Crippen LogP contribution is -2.13. The molecule has 156 valence electrons. The van der Waals surface area contributed by atoms with Crippen LogP contribution in [0.4, 0.5) is 5.13 Å². The average Bonchev–Trinajstić information content (AvgIpc) is 3.41.